The predicted octanol–water partition coefficient (Wildman–Crippen LogP) is 0.716. The van der Waals surface area contributed by atoms with E-state index in [4.69, 9.17) is 4.74 Å². The van der Waals surface area contributed by atoms with Crippen LogP contribution in [0.15, 0.2) is 0 Å². The van der Waals surface area contributed by atoms with Crippen LogP contribution in [0.2, 0.25) is 0 Å². The smallest absolute Gasteiger partial charge is 0.198 e. The molecule has 0 saturated carbocycles. The molecule has 0 N–H and O–H groups in total. The zero-order valence-corrected chi connectivity index (χ0v) is 7.80. The maximum atomic E-state index is 10.5. The predicted molar refractivity (Wildman–Crippen MR) is 43.8 cm³/mol. The molecule has 0 fully saturated rings. The Hall–Kier alpha value is 0.260. The Bertz CT molecular complexity index is 162. The summed E-state index contributed by atoms with van der Waals surface area (Å²) in [7, 11) is -1.95. The van der Waals surface area contributed by atoms with Crippen molar-refractivity contribution in [2.24, 2.45) is 0 Å². The largest absolute Gasteiger partial charge is 0.381 e. The van der Waals surface area contributed by atoms with Gasteiger partial charge in [0.15, 0.2) is 8.87 Å². The van der Waals surface area contributed by atoms with Gasteiger partial charge in [-0.15, -0.1) is 0 Å². The molecule has 0 aromatic carbocycles. The third kappa shape index (κ3) is 8.26. The average Bonchev–Trinajstić information content (AvgIpc) is 1.78. The maximum absolute atomic E-state index is 10.5. The van der Waals surface area contributed by atoms with Crippen LogP contribution in [0.4, 0.5) is 0 Å². The van der Waals surface area contributed by atoms with Crippen LogP contribution in [0.3, 0.4) is 0 Å². The summed E-state index contributed by atoms with van der Waals surface area (Å²) in [6.45, 7) is 3.03. The van der Waals surface area contributed by atoms with Crippen molar-refractivity contribution >= 4 is 19.7 Å². The fraction of sp³-hybridized carbons (Fsp3) is 1.00. The van der Waals surface area contributed by atoms with E-state index >= 15 is 0 Å². The zero-order chi connectivity index (χ0) is 8.04. The molecule has 0 radical (unpaired) electrons. The Labute approximate surface area is 65.5 Å². The standard InChI is InChI=1S/C5H12O3S2/c1-3-8-4-5-9-10(2,6)7/h3-5H2,1-2H3. The van der Waals surface area contributed by atoms with Gasteiger partial charge in [-0.2, -0.15) is 0 Å². The maximum Gasteiger partial charge on any atom is 0.198 e. The number of rotatable bonds is 5. The topological polar surface area (TPSA) is 43.4 Å². The minimum Gasteiger partial charge on any atom is -0.381 e. The van der Waals surface area contributed by atoms with Crippen LogP contribution >= 0.6 is 10.8 Å². The van der Waals surface area contributed by atoms with Crippen molar-refractivity contribution in [2.75, 3.05) is 25.2 Å². The lowest BCUT2D eigenvalue weighted by Crippen LogP contribution is -1.99. The molecule has 3 nitrogen and oxygen atoms in total. The van der Waals surface area contributed by atoms with Crippen molar-refractivity contribution in [3.05, 3.63) is 0 Å². The summed E-state index contributed by atoms with van der Waals surface area (Å²) in [6, 6.07) is 0. The lowest BCUT2D eigenvalue weighted by molar-refractivity contribution is 0.164. The summed E-state index contributed by atoms with van der Waals surface area (Å²) in [5, 5.41) is 0. The lowest BCUT2D eigenvalue weighted by Gasteiger charge is -1.97. The summed E-state index contributed by atoms with van der Waals surface area (Å²) < 4.78 is 25.9. The molecule has 0 aromatic heterocycles. The fourth-order valence-electron chi connectivity index (χ4n) is 0.389. The van der Waals surface area contributed by atoms with Gasteiger partial charge in [-0.1, -0.05) is 0 Å². The summed E-state index contributed by atoms with van der Waals surface area (Å²) in [6.07, 6.45) is 1.20. The Morgan fingerprint density at radius 3 is 2.50 bits per heavy atom. The Morgan fingerprint density at radius 2 is 2.10 bits per heavy atom. The SMILES string of the molecule is CCOCCSS(C)(=O)=O. The Kier molecular flexibility index (Phi) is 5.11. The van der Waals surface area contributed by atoms with E-state index in [0.717, 1.165) is 10.8 Å². The highest BCUT2D eigenvalue weighted by atomic mass is 33.1. The first-order valence-corrected chi connectivity index (χ1v) is 6.38. The van der Waals surface area contributed by atoms with E-state index in [9.17, 15) is 8.42 Å². The molecule has 0 heterocycles. The van der Waals surface area contributed by atoms with E-state index in [-0.39, 0.29) is 0 Å². The number of hydrogen-bond donors (Lipinski definition) is 0. The van der Waals surface area contributed by atoms with Crippen molar-refractivity contribution in [3.63, 3.8) is 0 Å². The summed E-state index contributed by atoms with van der Waals surface area (Å²) >= 11 is 0. The van der Waals surface area contributed by atoms with E-state index in [1.165, 1.54) is 6.26 Å². The minimum absolute atomic E-state index is 0.508. The Balaban J connectivity index is 3.21. The fourth-order valence-corrected chi connectivity index (χ4v) is 1.99. The van der Waals surface area contributed by atoms with E-state index in [2.05, 4.69) is 0 Å². The normalized spacial score (nSPS) is 11.8. The van der Waals surface area contributed by atoms with Crippen LogP contribution < -0.4 is 0 Å². The molecule has 0 amide bonds. The van der Waals surface area contributed by atoms with Gasteiger partial charge in [0.2, 0.25) is 0 Å². The van der Waals surface area contributed by atoms with E-state index < -0.39 is 8.87 Å². The van der Waals surface area contributed by atoms with Gasteiger partial charge in [-0.3, -0.25) is 0 Å². The molecule has 0 aliphatic heterocycles. The van der Waals surface area contributed by atoms with Crippen LogP contribution in [0.5, 0.6) is 0 Å². The minimum atomic E-state index is -2.87. The molecular formula is C5H12O3S2. The number of ether oxygens (including phenoxy) is 1. The Morgan fingerprint density at radius 1 is 1.50 bits per heavy atom. The highest BCUT2D eigenvalue weighted by Gasteiger charge is 2.00. The van der Waals surface area contributed by atoms with Crippen molar-refractivity contribution in [1.82, 2.24) is 0 Å². The second kappa shape index (κ2) is 4.98. The molecule has 0 spiro atoms. The van der Waals surface area contributed by atoms with Crippen molar-refractivity contribution < 1.29 is 13.2 Å². The molecule has 0 bridgehead atoms. The van der Waals surface area contributed by atoms with Crippen LogP contribution in [0.1, 0.15) is 6.92 Å². The summed E-state index contributed by atoms with van der Waals surface area (Å²) in [5.74, 6) is 0.521. The van der Waals surface area contributed by atoms with Crippen LogP contribution in [-0.4, -0.2) is 33.6 Å². The molecular weight excluding hydrogens is 172 g/mol. The van der Waals surface area contributed by atoms with Gasteiger partial charge in [0.25, 0.3) is 0 Å². The molecule has 0 rings (SSSR count). The van der Waals surface area contributed by atoms with Crippen LogP contribution in [0.25, 0.3) is 0 Å². The highest BCUT2D eigenvalue weighted by Crippen LogP contribution is 2.07. The average molecular weight is 184 g/mol. The van der Waals surface area contributed by atoms with Gasteiger partial charge in [0.1, 0.15) is 0 Å². The summed E-state index contributed by atoms with van der Waals surface area (Å²) in [4.78, 5) is 0. The molecule has 0 atom stereocenters. The molecule has 0 aromatic rings. The van der Waals surface area contributed by atoms with Gasteiger partial charge in [0.05, 0.1) is 6.61 Å². The van der Waals surface area contributed by atoms with Crippen molar-refractivity contribution in [2.45, 2.75) is 6.92 Å². The second-order valence-electron chi connectivity index (χ2n) is 1.72. The van der Waals surface area contributed by atoms with Crippen molar-refractivity contribution in [3.8, 4) is 0 Å². The van der Waals surface area contributed by atoms with Gasteiger partial charge >= 0.3 is 0 Å². The summed E-state index contributed by atoms with van der Waals surface area (Å²) in [5.41, 5.74) is 0. The second-order valence-corrected chi connectivity index (χ2v) is 6.30. The van der Waals surface area contributed by atoms with Gasteiger partial charge in [-0.25, -0.2) is 8.42 Å². The third-order valence-corrected chi connectivity index (χ3v) is 3.28. The first-order valence-electron chi connectivity index (χ1n) is 2.98. The number of hydrogen-bond acceptors (Lipinski definition) is 4. The molecule has 0 aliphatic rings. The molecule has 62 valence electrons. The first-order chi connectivity index (χ1) is 4.56. The van der Waals surface area contributed by atoms with Gasteiger partial charge < -0.3 is 4.74 Å². The monoisotopic (exact) mass is 184 g/mol. The molecule has 0 unspecified atom stereocenters. The van der Waals surface area contributed by atoms with E-state index in [1.807, 2.05) is 6.92 Å². The molecule has 0 aliphatic carbocycles. The molecule has 5 heteroatoms. The van der Waals surface area contributed by atoms with Gasteiger partial charge in [-0.05, 0) is 17.7 Å². The van der Waals surface area contributed by atoms with Crippen LogP contribution in [0, 0.1) is 0 Å². The third-order valence-electron chi connectivity index (χ3n) is 0.729. The molecule has 10 heavy (non-hydrogen) atoms. The first kappa shape index (κ1) is 10.3. The lowest BCUT2D eigenvalue weighted by atomic mass is 10.8. The molecule has 0 saturated heterocycles. The highest BCUT2D eigenvalue weighted by molar-refractivity contribution is 8.71. The zero-order valence-electron chi connectivity index (χ0n) is 6.16. The van der Waals surface area contributed by atoms with E-state index in [1.54, 1.807) is 0 Å². The van der Waals surface area contributed by atoms with Crippen LogP contribution in [-0.2, 0) is 13.6 Å². The quantitative estimate of drug-likeness (QED) is 0.466. The van der Waals surface area contributed by atoms with E-state index in [0.29, 0.717) is 19.0 Å². The van der Waals surface area contributed by atoms with Gasteiger partial charge in [0, 0.05) is 18.6 Å². The van der Waals surface area contributed by atoms with Crippen molar-refractivity contribution in [1.29, 1.82) is 0 Å².